The Morgan fingerprint density at radius 1 is 1.53 bits per heavy atom. The molecule has 0 aliphatic carbocycles. The van der Waals surface area contributed by atoms with E-state index in [1.807, 2.05) is 6.07 Å². The van der Waals surface area contributed by atoms with Crippen molar-refractivity contribution in [3.8, 4) is 6.07 Å². The van der Waals surface area contributed by atoms with Crippen molar-refractivity contribution in [2.24, 2.45) is 0 Å². The molecule has 1 fully saturated rings. The molecule has 1 unspecified atom stereocenters. The van der Waals surface area contributed by atoms with Gasteiger partial charge < -0.3 is 10.1 Å². The molecule has 0 bridgehead atoms. The Hall–Kier alpha value is -1.60. The fourth-order valence-electron chi connectivity index (χ4n) is 2.11. The van der Waals surface area contributed by atoms with Gasteiger partial charge in [-0.25, -0.2) is 4.98 Å². The lowest BCUT2D eigenvalue weighted by atomic mass is 9.94. The number of hydrogen-bond donors (Lipinski definition) is 1. The van der Waals surface area contributed by atoms with Gasteiger partial charge in [-0.05, 0) is 38.8 Å². The number of anilines is 1. The maximum absolute atomic E-state index is 8.69. The van der Waals surface area contributed by atoms with E-state index in [1.54, 1.807) is 12.3 Å². The van der Waals surface area contributed by atoms with Crippen LogP contribution in [0.15, 0.2) is 18.3 Å². The number of hydrogen-bond acceptors (Lipinski definition) is 4. The van der Waals surface area contributed by atoms with Crippen molar-refractivity contribution in [3.05, 3.63) is 23.9 Å². The molecule has 1 atom stereocenters. The van der Waals surface area contributed by atoms with Crippen LogP contribution in [0.5, 0.6) is 0 Å². The first-order valence-corrected chi connectivity index (χ1v) is 5.86. The van der Waals surface area contributed by atoms with Crippen molar-refractivity contribution in [1.29, 1.82) is 5.26 Å². The van der Waals surface area contributed by atoms with Crippen LogP contribution >= 0.6 is 0 Å². The maximum Gasteiger partial charge on any atom is 0.126 e. The van der Waals surface area contributed by atoms with Crippen LogP contribution in [-0.2, 0) is 4.74 Å². The van der Waals surface area contributed by atoms with Crippen molar-refractivity contribution in [2.45, 2.75) is 38.3 Å². The van der Waals surface area contributed by atoms with Gasteiger partial charge in [0.15, 0.2) is 0 Å². The lowest BCUT2D eigenvalue weighted by molar-refractivity contribution is -0.0553. The predicted molar refractivity (Wildman–Crippen MR) is 65.6 cm³/mol. The molecule has 1 saturated heterocycles. The Morgan fingerprint density at radius 2 is 2.35 bits per heavy atom. The van der Waals surface area contributed by atoms with E-state index in [0.717, 1.165) is 25.3 Å². The molecule has 4 nitrogen and oxygen atoms in total. The number of pyridine rings is 1. The summed E-state index contributed by atoms with van der Waals surface area (Å²) < 4.78 is 5.67. The molecular formula is C13H17N3O. The highest BCUT2D eigenvalue weighted by molar-refractivity contribution is 5.39. The Kier molecular flexibility index (Phi) is 3.30. The second-order valence-electron chi connectivity index (χ2n) is 4.99. The largest absolute Gasteiger partial charge is 0.375 e. The molecule has 1 aliphatic heterocycles. The lowest BCUT2D eigenvalue weighted by Gasteiger charge is -2.36. The quantitative estimate of drug-likeness (QED) is 0.848. The second kappa shape index (κ2) is 4.72. The van der Waals surface area contributed by atoms with E-state index >= 15 is 0 Å². The third-order valence-corrected chi connectivity index (χ3v) is 2.94. The van der Waals surface area contributed by atoms with Gasteiger partial charge in [-0.2, -0.15) is 5.26 Å². The van der Waals surface area contributed by atoms with E-state index in [1.165, 1.54) is 0 Å². The van der Waals surface area contributed by atoms with Crippen molar-refractivity contribution < 1.29 is 4.74 Å². The minimum Gasteiger partial charge on any atom is -0.375 e. The number of aromatic nitrogens is 1. The van der Waals surface area contributed by atoms with Crippen molar-refractivity contribution in [2.75, 3.05) is 11.9 Å². The highest BCUT2D eigenvalue weighted by Gasteiger charge is 2.28. The fourth-order valence-corrected chi connectivity index (χ4v) is 2.11. The van der Waals surface area contributed by atoms with Crippen LogP contribution in [-0.4, -0.2) is 23.2 Å². The summed E-state index contributed by atoms with van der Waals surface area (Å²) in [6, 6.07) is 6.07. The SMILES string of the molecule is CC1(C)CC(Nc2ccc(C#N)cn2)CCO1. The van der Waals surface area contributed by atoms with Crippen LogP contribution in [0.4, 0.5) is 5.82 Å². The summed E-state index contributed by atoms with van der Waals surface area (Å²) in [5.41, 5.74) is 0.519. The van der Waals surface area contributed by atoms with E-state index in [4.69, 9.17) is 10.00 Å². The van der Waals surface area contributed by atoms with Crippen LogP contribution in [0.1, 0.15) is 32.3 Å². The van der Waals surface area contributed by atoms with Gasteiger partial charge >= 0.3 is 0 Å². The normalized spacial score (nSPS) is 22.8. The van der Waals surface area contributed by atoms with E-state index < -0.39 is 0 Å². The van der Waals surface area contributed by atoms with Crippen molar-refractivity contribution in [3.63, 3.8) is 0 Å². The van der Waals surface area contributed by atoms with E-state index in [0.29, 0.717) is 11.6 Å². The topological polar surface area (TPSA) is 57.9 Å². The Bertz CT molecular complexity index is 419. The van der Waals surface area contributed by atoms with Gasteiger partial charge in [-0.15, -0.1) is 0 Å². The van der Waals surface area contributed by atoms with Crippen LogP contribution in [0.2, 0.25) is 0 Å². The fraction of sp³-hybridized carbons (Fsp3) is 0.538. The number of nitrogens with zero attached hydrogens (tertiary/aromatic N) is 2. The zero-order valence-electron chi connectivity index (χ0n) is 10.2. The van der Waals surface area contributed by atoms with Crippen molar-refractivity contribution >= 4 is 5.82 Å². The first kappa shape index (κ1) is 11.9. The van der Waals surface area contributed by atoms with Gasteiger partial charge in [0.25, 0.3) is 0 Å². The minimum atomic E-state index is -0.0670. The molecular weight excluding hydrogens is 214 g/mol. The monoisotopic (exact) mass is 231 g/mol. The van der Waals surface area contributed by atoms with Crippen LogP contribution in [0.3, 0.4) is 0 Å². The molecule has 0 spiro atoms. The molecule has 90 valence electrons. The number of rotatable bonds is 2. The van der Waals surface area contributed by atoms with Crippen LogP contribution in [0.25, 0.3) is 0 Å². The molecule has 1 N–H and O–H groups in total. The third kappa shape index (κ3) is 3.18. The molecule has 4 heteroatoms. The van der Waals surface area contributed by atoms with Gasteiger partial charge in [0, 0.05) is 18.8 Å². The molecule has 0 aromatic carbocycles. The highest BCUT2D eigenvalue weighted by Crippen LogP contribution is 2.25. The Morgan fingerprint density at radius 3 is 2.94 bits per heavy atom. The summed E-state index contributed by atoms with van der Waals surface area (Å²) in [7, 11) is 0. The summed E-state index contributed by atoms with van der Waals surface area (Å²) >= 11 is 0. The first-order chi connectivity index (χ1) is 8.09. The first-order valence-electron chi connectivity index (χ1n) is 5.86. The van der Waals surface area contributed by atoms with Gasteiger partial charge in [0.1, 0.15) is 11.9 Å². The summed E-state index contributed by atoms with van der Waals surface area (Å²) in [4.78, 5) is 4.22. The summed E-state index contributed by atoms with van der Waals surface area (Å²) in [6.45, 7) is 4.99. The number of nitriles is 1. The summed E-state index contributed by atoms with van der Waals surface area (Å²) in [5, 5.41) is 12.1. The minimum absolute atomic E-state index is 0.0670. The lowest BCUT2D eigenvalue weighted by Crippen LogP contribution is -2.40. The van der Waals surface area contributed by atoms with Crippen LogP contribution in [0, 0.1) is 11.3 Å². The van der Waals surface area contributed by atoms with E-state index in [-0.39, 0.29) is 5.60 Å². The summed E-state index contributed by atoms with van der Waals surface area (Å²) in [5.74, 6) is 0.826. The molecule has 0 radical (unpaired) electrons. The van der Waals surface area contributed by atoms with Gasteiger partial charge in [0.05, 0.1) is 11.2 Å². The zero-order chi connectivity index (χ0) is 12.3. The smallest absolute Gasteiger partial charge is 0.126 e. The predicted octanol–water partition coefficient (Wildman–Crippen LogP) is 2.32. The molecule has 1 aliphatic rings. The Balaban J connectivity index is 1.98. The molecule has 0 saturated carbocycles. The average Bonchev–Trinajstić information content (AvgIpc) is 2.29. The third-order valence-electron chi connectivity index (χ3n) is 2.94. The number of nitrogens with one attached hydrogen (secondary N) is 1. The van der Waals surface area contributed by atoms with Crippen molar-refractivity contribution in [1.82, 2.24) is 4.98 Å². The average molecular weight is 231 g/mol. The maximum atomic E-state index is 8.69. The van der Waals surface area contributed by atoms with Gasteiger partial charge in [-0.1, -0.05) is 0 Å². The van der Waals surface area contributed by atoms with E-state index in [2.05, 4.69) is 30.2 Å². The molecule has 0 amide bonds. The Labute approximate surface area is 102 Å². The summed E-state index contributed by atoms with van der Waals surface area (Å²) in [6.07, 6.45) is 3.55. The number of ether oxygens (including phenoxy) is 1. The van der Waals surface area contributed by atoms with E-state index in [9.17, 15) is 0 Å². The molecule has 1 aromatic rings. The zero-order valence-corrected chi connectivity index (χ0v) is 10.2. The molecule has 2 rings (SSSR count). The second-order valence-corrected chi connectivity index (χ2v) is 4.99. The molecule has 1 aromatic heterocycles. The van der Waals surface area contributed by atoms with Gasteiger partial charge in [-0.3, -0.25) is 0 Å². The molecule has 17 heavy (non-hydrogen) atoms. The standard InChI is InChI=1S/C13H17N3O/c1-13(2)7-11(5-6-17-13)16-12-4-3-10(8-14)9-15-12/h3-4,9,11H,5-7H2,1-2H3,(H,15,16). The highest BCUT2D eigenvalue weighted by atomic mass is 16.5. The van der Waals surface area contributed by atoms with Gasteiger partial charge in [0.2, 0.25) is 0 Å². The molecule has 2 heterocycles. The van der Waals surface area contributed by atoms with Crippen LogP contribution < -0.4 is 5.32 Å².